The zero-order valence-electron chi connectivity index (χ0n) is 8.59. The molecule has 2 aromatic rings. The molecular formula is C11H15NS. The molecule has 0 aliphatic rings. The monoisotopic (exact) mass is 193 g/mol. The molecule has 0 amide bonds. The van der Waals surface area contributed by atoms with Gasteiger partial charge < -0.3 is 4.57 Å². The molecule has 0 spiro atoms. The van der Waals surface area contributed by atoms with E-state index in [4.69, 9.17) is 0 Å². The van der Waals surface area contributed by atoms with Gasteiger partial charge in [0.1, 0.15) is 0 Å². The maximum absolute atomic E-state index is 2.31. The van der Waals surface area contributed by atoms with E-state index in [1.807, 2.05) is 11.3 Å². The first-order valence-electron chi connectivity index (χ1n) is 4.53. The lowest BCUT2D eigenvalue weighted by molar-refractivity contribution is 0.547. The minimum atomic E-state index is 0.244. The Hall–Kier alpha value is -0.760. The Morgan fingerprint density at radius 1 is 1.31 bits per heavy atom. The summed E-state index contributed by atoms with van der Waals surface area (Å²) in [6.07, 6.45) is 0. The molecule has 0 N–H and O–H groups in total. The second-order valence-electron chi connectivity index (χ2n) is 4.51. The van der Waals surface area contributed by atoms with Gasteiger partial charge in [-0.2, -0.15) is 0 Å². The molecule has 0 aliphatic carbocycles. The van der Waals surface area contributed by atoms with Gasteiger partial charge in [-0.1, -0.05) is 20.8 Å². The molecule has 0 aliphatic heterocycles. The fourth-order valence-electron chi connectivity index (χ4n) is 1.77. The van der Waals surface area contributed by atoms with Crippen molar-refractivity contribution in [1.82, 2.24) is 4.57 Å². The van der Waals surface area contributed by atoms with E-state index in [0.29, 0.717) is 0 Å². The van der Waals surface area contributed by atoms with E-state index in [2.05, 4.69) is 49.9 Å². The minimum Gasteiger partial charge on any atom is -0.346 e. The van der Waals surface area contributed by atoms with Gasteiger partial charge in [-0.3, -0.25) is 0 Å². The third-order valence-corrected chi connectivity index (χ3v) is 3.29. The largest absolute Gasteiger partial charge is 0.346 e. The van der Waals surface area contributed by atoms with Crippen molar-refractivity contribution in [3.8, 4) is 0 Å². The minimum absolute atomic E-state index is 0.244. The lowest BCUT2D eigenvalue weighted by Gasteiger charge is -2.19. The van der Waals surface area contributed by atoms with Crippen molar-refractivity contribution in [3.63, 3.8) is 0 Å². The van der Waals surface area contributed by atoms with E-state index in [1.54, 1.807) is 0 Å². The molecule has 2 heterocycles. The van der Waals surface area contributed by atoms with Crippen molar-refractivity contribution >= 4 is 21.6 Å². The highest BCUT2D eigenvalue weighted by atomic mass is 32.1. The predicted molar refractivity (Wildman–Crippen MR) is 59.5 cm³/mol. The molecular weight excluding hydrogens is 178 g/mol. The van der Waals surface area contributed by atoms with Crippen LogP contribution in [0.1, 0.15) is 26.5 Å². The number of hydrogen-bond donors (Lipinski definition) is 0. The van der Waals surface area contributed by atoms with Crippen molar-refractivity contribution in [1.29, 1.82) is 0 Å². The Morgan fingerprint density at radius 3 is 2.54 bits per heavy atom. The quantitative estimate of drug-likeness (QED) is 0.603. The predicted octanol–water partition coefficient (Wildman–Crippen LogP) is 3.54. The Morgan fingerprint density at radius 2 is 2.00 bits per heavy atom. The number of aromatic nitrogens is 1. The van der Waals surface area contributed by atoms with Gasteiger partial charge in [0.15, 0.2) is 0 Å². The number of aryl methyl sites for hydroxylation is 1. The highest BCUT2D eigenvalue weighted by Gasteiger charge is 2.19. The van der Waals surface area contributed by atoms with Crippen LogP contribution in [-0.2, 0) is 12.5 Å². The Balaban J connectivity index is 2.71. The molecule has 0 atom stereocenters. The van der Waals surface area contributed by atoms with Crippen molar-refractivity contribution in [2.45, 2.75) is 26.2 Å². The van der Waals surface area contributed by atoms with Crippen molar-refractivity contribution in [3.05, 3.63) is 23.2 Å². The first kappa shape index (κ1) is 8.82. The van der Waals surface area contributed by atoms with Crippen LogP contribution in [0.15, 0.2) is 17.5 Å². The maximum atomic E-state index is 2.31. The summed E-state index contributed by atoms with van der Waals surface area (Å²) in [6.45, 7) is 6.77. The van der Waals surface area contributed by atoms with E-state index in [0.717, 1.165) is 0 Å². The van der Waals surface area contributed by atoms with Gasteiger partial charge in [0.05, 0.1) is 10.2 Å². The van der Waals surface area contributed by atoms with E-state index >= 15 is 0 Å². The molecule has 2 heteroatoms. The number of nitrogens with zero attached hydrogens (tertiary/aromatic N) is 1. The standard InChI is InChI=1S/C11H15NS/c1-11(2,3)10-7-9-8(12(10)4)5-6-13-9/h5-7H,1-4H3. The fourth-order valence-corrected chi connectivity index (χ4v) is 2.62. The summed E-state index contributed by atoms with van der Waals surface area (Å²) in [6, 6.07) is 4.50. The molecule has 2 aromatic heterocycles. The molecule has 70 valence electrons. The van der Waals surface area contributed by atoms with Gasteiger partial charge in [0.2, 0.25) is 0 Å². The van der Waals surface area contributed by atoms with Gasteiger partial charge in [-0.15, -0.1) is 11.3 Å². The van der Waals surface area contributed by atoms with Crippen LogP contribution in [0.2, 0.25) is 0 Å². The molecule has 0 saturated carbocycles. The van der Waals surface area contributed by atoms with Crippen molar-refractivity contribution < 1.29 is 0 Å². The van der Waals surface area contributed by atoms with Crippen LogP contribution in [0.5, 0.6) is 0 Å². The van der Waals surface area contributed by atoms with Crippen molar-refractivity contribution in [2.75, 3.05) is 0 Å². The summed E-state index contributed by atoms with van der Waals surface area (Å²) in [5, 5.41) is 2.15. The lowest BCUT2D eigenvalue weighted by atomic mass is 9.92. The smallest absolute Gasteiger partial charge is 0.0589 e. The van der Waals surface area contributed by atoms with Crippen LogP contribution < -0.4 is 0 Å². The SMILES string of the molecule is Cn1c(C(C)(C)C)cc2sccc21. The average Bonchev–Trinajstić information content (AvgIpc) is 2.51. The summed E-state index contributed by atoms with van der Waals surface area (Å²) in [4.78, 5) is 0. The summed E-state index contributed by atoms with van der Waals surface area (Å²) in [5.74, 6) is 0. The van der Waals surface area contributed by atoms with Crippen LogP contribution in [0.3, 0.4) is 0 Å². The van der Waals surface area contributed by atoms with Crippen LogP contribution in [0.25, 0.3) is 10.2 Å². The Labute approximate surface area is 83.0 Å². The molecule has 13 heavy (non-hydrogen) atoms. The zero-order chi connectivity index (χ0) is 9.64. The molecule has 0 saturated heterocycles. The average molecular weight is 193 g/mol. The molecule has 1 nitrogen and oxygen atoms in total. The number of fused-ring (bicyclic) bond motifs is 1. The van der Waals surface area contributed by atoms with Gasteiger partial charge in [-0.25, -0.2) is 0 Å². The van der Waals surface area contributed by atoms with E-state index in [9.17, 15) is 0 Å². The topological polar surface area (TPSA) is 4.93 Å². The second-order valence-corrected chi connectivity index (χ2v) is 5.46. The molecule has 2 rings (SSSR count). The normalized spacial score (nSPS) is 12.6. The molecule has 0 aromatic carbocycles. The van der Waals surface area contributed by atoms with Crippen molar-refractivity contribution in [2.24, 2.45) is 7.05 Å². The molecule has 0 radical (unpaired) electrons. The second kappa shape index (κ2) is 2.61. The summed E-state index contributed by atoms with van der Waals surface area (Å²) >= 11 is 1.82. The summed E-state index contributed by atoms with van der Waals surface area (Å²) in [7, 11) is 2.15. The fraction of sp³-hybridized carbons (Fsp3) is 0.455. The summed E-state index contributed by atoms with van der Waals surface area (Å²) in [5.41, 5.74) is 3.01. The van der Waals surface area contributed by atoms with Crippen LogP contribution in [0.4, 0.5) is 0 Å². The third kappa shape index (κ3) is 1.29. The van der Waals surface area contributed by atoms with E-state index in [-0.39, 0.29) is 5.41 Å². The first-order chi connectivity index (χ1) is 6.00. The Kier molecular flexibility index (Phi) is 1.77. The molecule has 0 unspecified atom stereocenters. The third-order valence-electron chi connectivity index (χ3n) is 2.43. The molecule has 0 fully saturated rings. The summed E-state index contributed by atoms with van der Waals surface area (Å²) < 4.78 is 3.69. The number of thiophene rings is 1. The van der Waals surface area contributed by atoms with E-state index < -0.39 is 0 Å². The van der Waals surface area contributed by atoms with Crippen LogP contribution in [-0.4, -0.2) is 4.57 Å². The number of hydrogen-bond acceptors (Lipinski definition) is 1. The highest BCUT2D eigenvalue weighted by Crippen LogP contribution is 2.30. The van der Waals surface area contributed by atoms with E-state index in [1.165, 1.54) is 15.9 Å². The van der Waals surface area contributed by atoms with Gasteiger partial charge in [0, 0.05) is 18.2 Å². The lowest BCUT2D eigenvalue weighted by Crippen LogP contribution is -2.15. The zero-order valence-corrected chi connectivity index (χ0v) is 9.40. The van der Waals surface area contributed by atoms with Gasteiger partial charge >= 0.3 is 0 Å². The van der Waals surface area contributed by atoms with Crippen LogP contribution in [0, 0.1) is 0 Å². The van der Waals surface area contributed by atoms with Gasteiger partial charge in [0.25, 0.3) is 0 Å². The highest BCUT2D eigenvalue weighted by molar-refractivity contribution is 7.17. The maximum Gasteiger partial charge on any atom is 0.0589 e. The van der Waals surface area contributed by atoms with Crippen LogP contribution >= 0.6 is 11.3 Å². The molecule has 0 bridgehead atoms. The first-order valence-corrected chi connectivity index (χ1v) is 5.41. The number of rotatable bonds is 0. The Bertz CT molecular complexity index is 428. The van der Waals surface area contributed by atoms with Gasteiger partial charge in [-0.05, 0) is 17.5 Å².